The monoisotopic (exact) mass is 464 g/mol. The van der Waals surface area contributed by atoms with Crippen LogP contribution in [0.5, 0.6) is 0 Å². The van der Waals surface area contributed by atoms with Gasteiger partial charge in [0, 0.05) is 0 Å². The largest absolute Gasteiger partial charge is 0.438 e. The van der Waals surface area contributed by atoms with Gasteiger partial charge in [0.25, 0.3) is 6.43 Å². The van der Waals surface area contributed by atoms with E-state index < -0.39 is 60.0 Å². The molecule has 0 nitrogen and oxygen atoms in total. The van der Waals surface area contributed by atoms with Crippen LogP contribution < -0.4 is 0 Å². The summed E-state index contributed by atoms with van der Waals surface area (Å²) in [6.45, 7) is 0. The third kappa shape index (κ3) is 3.69. The third-order valence-electron chi connectivity index (χ3n) is 2.93. The van der Waals surface area contributed by atoms with Gasteiger partial charge in [0.2, 0.25) is 12.0 Å². The van der Waals surface area contributed by atoms with Gasteiger partial charge in [-0.15, -0.1) is 0 Å². The van der Waals surface area contributed by atoms with Crippen LogP contribution in [-0.2, 0) is 0 Å². The number of hydrogen-bond acceptors (Lipinski definition) is 0. The first-order chi connectivity index (χ1) is 11.9. The van der Waals surface area contributed by atoms with E-state index in [-0.39, 0.29) is 0 Å². The van der Waals surface area contributed by atoms with E-state index in [0.29, 0.717) is 0 Å². The molecule has 28 heavy (non-hydrogen) atoms. The topological polar surface area (TPSA) is 0 Å². The Morgan fingerprint density at radius 3 is 1.11 bits per heavy atom. The summed E-state index contributed by atoms with van der Waals surface area (Å²) >= 11 is 0. The minimum atomic E-state index is -7.88. The quantitative estimate of drug-likeness (QED) is 0.395. The van der Waals surface area contributed by atoms with Crippen LogP contribution in [0.3, 0.4) is 0 Å². The normalized spacial score (nSPS) is 17.7. The molecule has 0 rings (SSSR count). The van der Waals surface area contributed by atoms with E-state index in [1.54, 1.807) is 0 Å². The van der Waals surface area contributed by atoms with Gasteiger partial charge < -0.3 is 0 Å². The van der Waals surface area contributed by atoms with Crippen LogP contribution in [0, 0.1) is 0 Å². The van der Waals surface area contributed by atoms with Crippen molar-refractivity contribution < 1.29 is 79.0 Å². The Balaban J connectivity index is 6.78. The van der Waals surface area contributed by atoms with Crippen LogP contribution >= 0.6 is 0 Å². The zero-order valence-electron chi connectivity index (χ0n) is 12.0. The van der Waals surface area contributed by atoms with Crippen molar-refractivity contribution in [3.05, 3.63) is 11.7 Å². The Bertz CT molecular complexity index is 576. The van der Waals surface area contributed by atoms with Crippen LogP contribution in [0.25, 0.3) is 0 Å². The maximum absolute atomic E-state index is 13.1. The molecule has 1 unspecified atom stereocenters. The van der Waals surface area contributed by atoms with Crippen LogP contribution in [0.1, 0.15) is 0 Å². The molecule has 0 aromatic carbocycles. The molecule has 1 atom stereocenters. The van der Waals surface area contributed by atoms with E-state index in [1.165, 1.54) is 0 Å². The highest BCUT2D eigenvalue weighted by atomic mass is 19.4. The lowest BCUT2D eigenvalue weighted by atomic mass is 9.95. The fraction of sp³-hybridized carbons (Fsp3) is 0.800. The van der Waals surface area contributed by atoms with Crippen LogP contribution in [0.4, 0.5) is 79.0 Å². The van der Waals surface area contributed by atoms with Gasteiger partial charge in [-0.3, -0.25) is 0 Å². The van der Waals surface area contributed by atoms with Crippen molar-refractivity contribution in [3.63, 3.8) is 0 Å². The highest BCUT2D eigenvalue weighted by Gasteiger charge is 2.81. The van der Waals surface area contributed by atoms with Gasteiger partial charge in [0.05, 0.1) is 0 Å². The van der Waals surface area contributed by atoms with E-state index in [4.69, 9.17) is 0 Å². The van der Waals surface area contributed by atoms with E-state index in [1.807, 2.05) is 0 Å². The predicted molar refractivity (Wildman–Crippen MR) is 50.9 cm³/mol. The van der Waals surface area contributed by atoms with Crippen molar-refractivity contribution in [1.82, 2.24) is 0 Å². The lowest BCUT2D eigenvalue weighted by molar-refractivity contribution is -0.338. The van der Waals surface area contributed by atoms with Gasteiger partial charge in [-0.1, -0.05) is 0 Å². The molecule has 0 radical (unpaired) electrons. The molecule has 0 heterocycles. The molecule has 0 saturated heterocycles. The molecule has 0 aromatic rings. The van der Waals surface area contributed by atoms with Crippen LogP contribution in [-0.4, -0.2) is 48.4 Å². The lowest BCUT2D eigenvalue weighted by Gasteiger charge is -2.34. The van der Waals surface area contributed by atoms with Crippen molar-refractivity contribution in [1.29, 1.82) is 0 Å². The third-order valence-corrected chi connectivity index (χ3v) is 2.93. The molecule has 0 bridgehead atoms. The number of hydrogen-bond donors (Lipinski definition) is 0. The highest BCUT2D eigenvalue weighted by molar-refractivity contribution is 5.27. The fourth-order valence-electron chi connectivity index (χ4n) is 1.38. The number of alkyl halides is 16. The zero-order valence-corrected chi connectivity index (χ0v) is 12.0. The first-order valence-corrected chi connectivity index (χ1v) is 5.86. The van der Waals surface area contributed by atoms with E-state index in [9.17, 15) is 79.0 Å². The summed E-state index contributed by atoms with van der Waals surface area (Å²) < 4.78 is 225. The summed E-state index contributed by atoms with van der Waals surface area (Å²) in [4.78, 5) is 0. The standard InChI is InChI=1S/C10H2F18/c11-1(5(16,9(23,24)25)10(26,27)28)2(12)6(17,18)8(21,22)7(19,20)3(13)4(14)15/h3-4H. The van der Waals surface area contributed by atoms with Crippen molar-refractivity contribution >= 4 is 0 Å². The highest BCUT2D eigenvalue weighted by Crippen LogP contribution is 2.57. The molecule has 18 heteroatoms. The molecular formula is C10H2F18. The van der Waals surface area contributed by atoms with E-state index >= 15 is 0 Å². The van der Waals surface area contributed by atoms with Crippen molar-refractivity contribution in [2.24, 2.45) is 0 Å². The number of rotatable bonds is 6. The molecule has 0 amide bonds. The molecule has 0 aliphatic carbocycles. The minimum absolute atomic E-state index is 5.20. The molecule has 0 N–H and O–H groups in total. The Labute approximate surface area is 140 Å². The SMILES string of the molecule is FC(=C(F)C(F)(C(F)(F)F)C(F)(F)F)C(F)(F)C(F)(F)C(F)(F)C(F)C(F)F. The molecule has 0 spiro atoms. The predicted octanol–water partition coefficient (Wildman–Crippen LogP) is 6.48. The Morgan fingerprint density at radius 2 is 0.857 bits per heavy atom. The second kappa shape index (κ2) is 7.07. The summed E-state index contributed by atoms with van der Waals surface area (Å²) in [5.41, 5.74) is -7.73. The molecule has 168 valence electrons. The second-order valence-corrected chi connectivity index (χ2v) is 4.79. The average molecular weight is 464 g/mol. The van der Waals surface area contributed by atoms with Gasteiger partial charge in [0.15, 0.2) is 5.83 Å². The Hall–Kier alpha value is -1.52. The van der Waals surface area contributed by atoms with Gasteiger partial charge >= 0.3 is 35.8 Å². The minimum Gasteiger partial charge on any atom is -0.234 e. The summed E-state index contributed by atoms with van der Waals surface area (Å²) in [7, 11) is 0. The first-order valence-electron chi connectivity index (χ1n) is 5.86. The summed E-state index contributed by atoms with van der Waals surface area (Å²) in [5, 5.41) is 0. The molecule has 0 aromatic heterocycles. The maximum Gasteiger partial charge on any atom is 0.438 e. The second-order valence-electron chi connectivity index (χ2n) is 4.79. The molecule has 0 fully saturated rings. The molecule has 0 aliphatic rings. The van der Waals surface area contributed by atoms with Crippen molar-refractivity contribution in [3.8, 4) is 0 Å². The van der Waals surface area contributed by atoms with Gasteiger partial charge in [-0.2, -0.15) is 52.7 Å². The summed E-state index contributed by atoms with van der Waals surface area (Å²) in [6, 6.07) is 0. The van der Waals surface area contributed by atoms with Gasteiger partial charge in [-0.25, -0.2) is 26.3 Å². The van der Waals surface area contributed by atoms with Gasteiger partial charge in [0.1, 0.15) is 0 Å². The smallest absolute Gasteiger partial charge is 0.234 e. The Kier molecular flexibility index (Phi) is 6.68. The Morgan fingerprint density at radius 1 is 0.536 bits per heavy atom. The number of allylic oxidation sites excluding steroid dienone is 2. The lowest BCUT2D eigenvalue weighted by Crippen LogP contribution is -2.61. The van der Waals surface area contributed by atoms with Crippen LogP contribution in [0.2, 0.25) is 0 Å². The van der Waals surface area contributed by atoms with E-state index in [2.05, 4.69) is 0 Å². The fourth-order valence-corrected chi connectivity index (χ4v) is 1.38. The maximum atomic E-state index is 13.1. The first kappa shape index (κ1) is 26.5. The number of halogens is 18. The summed E-state index contributed by atoms with van der Waals surface area (Å²) in [6.07, 6.45) is -26.1. The molecule has 0 aliphatic heterocycles. The van der Waals surface area contributed by atoms with E-state index in [0.717, 1.165) is 0 Å². The van der Waals surface area contributed by atoms with Crippen molar-refractivity contribution in [2.75, 3.05) is 0 Å². The van der Waals surface area contributed by atoms with Crippen LogP contribution in [0.15, 0.2) is 11.7 Å². The molecule has 0 saturated carbocycles. The zero-order chi connectivity index (χ0) is 23.3. The van der Waals surface area contributed by atoms with Crippen molar-refractivity contribution in [2.45, 2.75) is 48.4 Å². The summed E-state index contributed by atoms with van der Waals surface area (Å²) in [5.74, 6) is -33.8. The van der Waals surface area contributed by atoms with Gasteiger partial charge in [-0.05, 0) is 0 Å². The molecular weight excluding hydrogens is 462 g/mol. The average Bonchev–Trinajstić information content (AvgIpc) is 2.48.